The van der Waals surface area contributed by atoms with Crippen LogP contribution in [0.1, 0.15) is 52.9 Å². The molecular formula is C14H24O. The van der Waals surface area contributed by atoms with Crippen molar-refractivity contribution in [2.24, 2.45) is 29.1 Å². The highest BCUT2D eigenvalue weighted by Crippen LogP contribution is 2.70. The minimum atomic E-state index is -0.377. The first kappa shape index (κ1) is 10.1. The summed E-state index contributed by atoms with van der Waals surface area (Å²) in [5, 5.41) is 10.6. The lowest BCUT2D eigenvalue weighted by Gasteiger charge is -2.66. The van der Waals surface area contributed by atoms with Crippen LogP contribution in [0, 0.1) is 29.1 Å². The van der Waals surface area contributed by atoms with Gasteiger partial charge in [0.1, 0.15) is 0 Å². The SMILES string of the molecule is CC1CC(C)(O)C2C3CCCC3C2(C)C1. The zero-order valence-corrected chi connectivity index (χ0v) is 10.3. The highest BCUT2D eigenvalue weighted by Gasteiger charge is 2.67. The van der Waals surface area contributed by atoms with Crippen molar-refractivity contribution in [3.63, 3.8) is 0 Å². The van der Waals surface area contributed by atoms with Crippen molar-refractivity contribution in [3.05, 3.63) is 0 Å². The maximum atomic E-state index is 10.6. The van der Waals surface area contributed by atoms with Crippen LogP contribution < -0.4 is 0 Å². The largest absolute Gasteiger partial charge is 0.390 e. The van der Waals surface area contributed by atoms with Crippen LogP contribution in [-0.4, -0.2) is 10.7 Å². The molecule has 86 valence electrons. The Kier molecular flexibility index (Phi) is 1.89. The van der Waals surface area contributed by atoms with Gasteiger partial charge < -0.3 is 5.11 Å². The van der Waals surface area contributed by atoms with Crippen molar-refractivity contribution in [1.82, 2.24) is 0 Å². The van der Waals surface area contributed by atoms with Crippen LogP contribution in [-0.2, 0) is 0 Å². The molecule has 15 heavy (non-hydrogen) atoms. The molecule has 0 aliphatic heterocycles. The minimum absolute atomic E-state index is 0.377. The molecule has 0 saturated heterocycles. The predicted octanol–water partition coefficient (Wildman–Crippen LogP) is 3.22. The molecular weight excluding hydrogens is 184 g/mol. The Morgan fingerprint density at radius 3 is 2.60 bits per heavy atom. The summed E-state index contributed by atoms with van der Waals surface area (Å²) in [6.45, 7) is 6.87. The maximum absolute atomic E-state index is 10.6. The van der Waals surface area contributed by atoms with Gasteiger partial charge in [-0.05, 0) is 61.7 Å². The lowest BCUT2D eigenvalue weighted by molar-refractivity contribution is -0.231. The summed E-state index contributed by atoms with van der Waals surface area (Å²) in [5.74, 6) is 3.12. The number of fused-ring (bicyclic) bond motifs is 4. The highest BCUT2D eigenvalue weighted by molar-refractivity contribution is 5.16. The summed E-state index contributed by atoms with van der Waals surface area (Å²) in [4.78, 5) is 0. The third-order valence-corrected chi connectivity index (χ3v) is 5.78. The molecule has 3 fully saturated rings. The second-order valence-corrected chi connectivity index (χ2v) is 7.06. The monoisotopic (exact) mass is 208 g/mol. The van der Waals surface area contributed by atoms with E-state index in [2.05, 4.69) is 20.8 Å². The third-order valence-electron chi connectivity index (χ3n) is 5.78. The number of hydrogen-bond acceptors (Lipinski definition) is 1. The van der Waals surface area contributed by atoms with E-state index in [1.54, 1.807) is 0 Å². The van der Waals surface area contributed by atoms with Crippen LogP contribution in [0.15, 0.2) is 0 Å². The lowest BCUT2D eigenvalue weighted by atomic mass is 9.39. The molecule has 1 N–H and O–H groups in total. The average Bonchev–Trinajstić information content (AvgIpc) is 2.44. The molecule has 0 heterocycles. The van der Waals surface area contributed by atoms with Crippen LogP contribution in [0.3, 0.4) is 0 Å². The zero-order chi connectivity index (χ0) is 10.8. The lowest BCUT2D eigenvalue weighted by Crippen LogP contribution is -2.65. The molecule has 1 nitrogen and oxygen atoms in total. The quantitative estimate of drug-likeness (QED) is 0.648. The summed E-state index contributed by atoms with van der Waals surface area (Å²) >= 11 is 0. The van der Waals surface area contributed by atoms with Gasteiger partial charge in [-0.2, -0.15) is 0 Å². The van der Waals surface area contributed by atoms with Gasteiger partial charge in [0.25, 0.3) is 0 Å². The molecule has 0 spiro atoms. The molecule has 0 aromatic heterocycles. The van der Waals surface area contributed by atoms with Crippen molar-refractivity contribution < 1.29 is 5.11 Å². The van der Waals surface area contributed by atoms with Crippen LogP contribution in [0.25, 0.3) is 0 Å². The van der Waals surface area contributed by atoms with Gasteiger partial charge in [-0.1, -0.05) is 20.3 Å². The van der Waals surface area contributed by atoms with Crippen molar-refractivity contribution in [2.45, 2.75) is 58.5 Å². The molecule has 1 heteroatoms. The Hall–Kier alpha value is -0.0400. The fourth-order valence-electron chi connectivity index (χ4n) is 5.91. The molecule has 3 aliphatic carbocycles. The summed E-state index contributed by atoms with van der Waals surface area (Å²) < 4.78 is 0. The van der Waals surface area contributed by atoms with Crippen molar-refractivity contribution in [1.29, 1.82) is 0 Å². The molecule has 0 aromatic carbocycles. The van der Waals surface area contributed by atoms with Gasteiger partial charge in [-0.15, -0.1) is 0 Å². The molecule has 0 radical (unpaired) electrons. The molecule has 0 bridgehead atoms. The average molecular weight is 208 g/mol. The molecule has 3 rings (SSSR count). The Morgan fingerprint density at radius 2 is 1.87 bits per heavy atom. The van der Waals surface area contributed by atoms with Gasteiger partial charge in [0.05, 0.1) is 5.60 Å². The molecule has 6 atom stereocenters. The summed E-state index contributed by atoms with van der Waals surface area (Å²) in [5.41, 5.74) is 0.0975. The number of hydrogen-bond donors (Lipinski definition) is 1. The number of rotatable bonds is 0. The van der Waals surface area contributed by atoms with Gasteiger partial charge in [-0.3, -0.25) is 0 Å². The smallest absolute Gasteiger partial charge is 0.0658 e. The first-order valence-corrected chi connectivity index (χ1v) is 6.67. The van der Waals surface area contributed by atoms with Crippen molar-refractivity contribution in [2.75, 3.05) is 0 Å². The first-order chi connectivity index (χ1) is 6.95. The van der Waals surface area contributed by atoms with Crippen LogP contribution in [0.2, 0.25) is 0 Å². The second kappa shape index (κ2) is 2.80. The van der Waals surface area contributed by atoms with Gasteiger partial charge in [0.15, 0.2) is 0 Å². The minimum Gasteiger partial charge on any atom is -0.390 e. The molecule has 3 saturated carbocycles. The van der Waals surface area contributed by atoms with Gasteiger partial charge in [0, 0.05) is 0 Å². The van der Waals surface area contributed by atoms with E-state index in [-0.39, 0.29) is 5.60 Å². The topological polar surface area (TPSA) is 20.2 Å². The summed E-state index contributed by atoms with van der Waals surface area (Å²) in [6, 6.07) is 0. The predicted molar refractivity (Wildman–Crippen MR) is 61.4 cm³/mol. The Morgan fingerprint density at radius 1 is 1.13 bits per heavy atom. The molecule has 6 unspecified atom stereocenters. The van der Waals surface area contributed by atoms with Crippen LogP contribution in [0.5, 0.6) is 0 Å². The first-order valence-electron chi connectivity index (χ1n) is 6.67. The fourth-order valence-corrected chi connectivity index (χ4v) is 5.91. The van der Waals surface area contributed by atoms with E-state index in [4.69, 9.17) is 0 Å². The standard InChI is InChI=1S/C14H24O/c1-9-7-13(2)11-6-4-5-10(11)12(13)14(3,15)8-9/h9-12,15H,4-8H2,1-3H3. The zero-order valence-electron chi connectivity index (χ0n) is 10.3. The normalized spacial score (nSPS) is 63.2. The van der Waals surface area contributed by atoms with E-state index in [0.29, 0.717) is 17.3 Å². The Balaban J connectivity index is 1.94. The van der Waals surface area contributed by atoms with E-state index in [1.165, 1.54) is 25.7 Å². The van der Waals surface area contributed by atoms with E-state index in [0.717, 1.165) is 18.3 Å². The van der Waals surface area contributed by atoms with Crippen molar-refractivity contribution in [3.8, 4) is 0 Å². The van der Waals surface area contributed by atoms with E-state index in [1.807, 2.05) is 0 Å². The van der Waals surface area contributed by atoms with Crippen molar-refractivity contribution >= 4 is 0 Å². The molecule has 0 amide bonds. The number of aliphatic hydroxyl groups is 1. The Labute approximate surface area is 93.3 Å². The maximum Gasteiger partial charge on any atom is 0.0658 e. The summed E-state index contributed by atoms with van der Waals surface area (Å²) in [7, 11) is 0. The van der Waals surface area contributed by atoms with Crippen LogP contribution in [0.4, 0.5) is 0 Å². The van der Waals surface area contributed by atoms with E-state index >= 15 is 0 Å². The Bertz CT molecular complexity index is 283. The van der Waals surface area contributed by atoms with Crippen LogP contribution >= 0.6 is 0 Å². The molecule has 3 aliphatic rings. The van der Waals surface area contributed by atoms with E-state index in [9.17, 15) is 5.11 Å². The summed E-state index contributed by atoms with van der Waals surface area (Å²) in [6.07, 6.45) is 6.60. The van der Waals surface area contributed by atoms with E-state index < -0.39 is 0 Å². The fraction of sp³-hybridized carbons (Fsp3) is 1.00. The molecule has 0 aromatic rings. The van der Waals surface area contributed by atoms with Gasteiger partial charge >= 0.3 is 0 Å². The third kappa shape index (κ3) is 1.13. The highest BCUT2D eigenvalue weighted by atomic mass is 16.3. The van der Waals surface area contributed by atoms with Gasteiger partial charge in [-0.25, -0.2) is 0 Å². The van der Waals surface area contributed by atoms with Gasteiger partial charge in [0.2, 0.25) is 0 Å². The second-order valence-electron chi connectivity index (χ2n) is 7.06.